The van der Waals surface area contributed by atoms with Crippen molar-refractivity contribution in [2.45, 2.75) is 0 Å². The maximum absolute atomic E-state index is 12.3. The maximum atomic E-state index is 12.3. The minimum absolute atomic E-state index is 0.0974. The summed E-state index contributed by atoms with van der Waals surface area (Å²) >= 11 is 13.5. The lowest BCUT2D eigenvalue weighted by Crippen LogP contribution is -2.13. The number of amides is 1. The number of anilines is 1. The number of thiazole rings is 1. The van der Waals surface area contributed by atoms with Crippen molar-refractivity contribution in [1.82, 2.24) is 9.38 Å². The number of nitriles is 1. The van der Waals surface area contributed by atoms with Crippen LogP contribution in [0.15, 0.2) is 41.4 Å². The molecule has 1 aromatic carbocycles. The smallest absolute Gasteiger partial charge is 0.266 e. The lowest BCUT2D eigenvalue weighted by molar-refractivity contribution is -0.112. The van der Waals surface area contributed by atoms with Crippen LogP contribution < -0.4 is 5.32 Å². The molecule has 0 saturated heterocycles. The van der Waals surface area contributed by atoms with Gasteiger partial charge in [-0.3, -0.25) is 9.20 Å². The van der Waals surface area contributed by atoms with Gasteiger partial charge in [-0.05, 0) is 18.2 Å². The Morgan fingerprint density at radius 2 is 2.17 bits per heavy atom. The fourth-order valence-electron chi connectivity index (χ4n) is 1.94. The second-order valence-electron chi connectivity index (χ2n) is 4.45. The van der Waals surface area contributed by atoms with Crippen LogP contribution in [0.2, 0.25) is 10.2 Å². The molecule has 3 aromatic rings. The first-order valence-electron chi connectivity index (χ1n) is 6.39. The van der Waals surface area contributed by atoms with Crippen LogP contribution >= 0.6 is 34.5 Å². The summed E-state index contributed by atoms with van der Waals surface area (Å²) in [6.07, 6.45) is 3.17. The summed E-state index contributed by atoms with van der Waals surface area (Å²) in [5, 5.41) is 14.3. The van der Waals surface area contributed by atoms with E-state index in [1.165, 1.54) is 17.4 Å². The van der Waals surface area contributed by atoms with Crippen LogP contribution in [-0.2, 0) is 4.79 Å². The Morgan fingerprint density at radius 1 is 1.39 bits per heavy atom. The summed E-state index contributed by atoms with van der Waals surface area (Å²) in [6.45, 7) is 0. The number of nitrogens with one attached hydrogen (secondary N) is 1. The van der Waals surface area contributed by atoms with E-state index in [0.717, 1.165) is 0 Å². The number of halogens is 2. The molecule has 0 radical (unpaired) electrons. The number of benzene rings is 1. The van der Waals surface area contributed by atoms with Crippen LogP contribution in [-0.4, -0.2) is 15.3 Å². The topological polar surface area (TPSA) is 70.2 Å². The monoisotopic (exact) mass is 362 g/mol. The second kappa shape index (κ2) is 6.42. The zero-order chi connectivity index (χ0) is 16.4. The van der Waals surface area contributed by atoms with Crippen molar-refractivity contribution in [3.05, 3.63) is 57.3 Å². The highest BCUT2D eigenvalue weighted by molar-refractivity contribution is 7.15. The first-order chi connectivity index (χ1) is 11.1. The molecule has 0 saturated carbocycles. The fraction of sp³-hybridized carbons (Fsp3) is 0. The van der Waals surface area contributed by atoms with E-state index in [2.05, 4.69) is 10.3 Å². The van der Waals surface area contributed by atoms with E-state index >= 15 is 0 Å². The second-order valence-corrected chi connectivity index (χ2v) is 6.09. The SMILES string of the molecule is N#C/C(=C\c1c(Cl)nc2sccn12)C(=O)Nc1ccccc1Cl. The molecule has 3 rings (SSSR count). The molecule has 0 aliphatic carbocycles. The molecule has 0 aliphatic heterocycles. The molecule has 8 heteroatoms. The molecule has 0 spiro atoms. The largest absolute Gasteiger partial charge is 0.320 e. The van der Waals surface area contributed by atoms with Gasteiger partial charge in [0.1, 0.15) is 11.6 Å². The summed E-state index contributed by atoms with van der Waals surface area (Å²) < 4.78 is 1.72. The van der Waals surface area contributed by atoms with Crippen molar-refractivity contribution in [2.75, 3.05) is 5.32 Å². The number of carbonyl (C=O) groups excluding carboxylic acids is 1. The molecule has 0 bridgehead atoms. The van der Waals surface area contributed by atoms with Gasteiger partial charge in [0.15, 0.2) is 10.1 Å². The van der Waals surface area contributed by atoms with Crippen LogP contribution in [0.25, 0.3) is 11.0 Å². The standard InChI is InChI=1S/C15H8Cl2N4OS/c16-10-3-1-2-4-11(10)19-14(22)9(8-18)7-12-13(17)20-15-21(12)5-6-23-15/h1-7H,(H,19,22)/b9-7+. The number of aromatic nitrogens is 2. The van der Waals surface area contributed by atoms with Gasteiger partial charge in [0, 0.05) is 11.6 Å². The number of imidazole rings is 1. The van der Waals surface area contributed by atoms with Crippen molar-refractivity contribution < 1.29 is 4.79 Å². The Kier molecular flexibility index (Phi) is 4.35. The van der Waals surface area contributed by atoms with Crippen molar-refractivity contribution in [1.29, 1.82) is 5.26 Å². The van der Waals surface area contributed by atoms with Crippen LogP contribution in [0.1, 0.15) is 5.69 Å². The van der Waals surface area contributed by atoms with Crippen molar-refractivity contribution >= 4 is 57.2 Å². The maximum Gasteiger partial charge on any atom is 0.266 e. The van der Waals surface area contributed by atoms with Gasteiger partial charge in [0.05, 0.1) is 16.4 Å². The summed E-state index contributed by atoms with van der Waals surface area (Å²) in [7, 11) is 0. The molecule has 23 heavy (non-hydrogen) atoms. The third-order valence-corrected chi connectivity index (χ3v) is 4.39. The molecule has 0 unspecified atom stereocenters. The lowest BCUT2D eigenvalue weighted by atomic mass is 10.2. The Bertz CT molecular complexity index is 967. The zero-order valence-electron chi connectivity index (χ0n) is 11.5. The summed E-state index contributed by atoms with van der Waals surface area (Å²) in [5.41, 5.74) is 0.814. The van der Waals surface area contributed by atoms with Gasteiger partial charge in [0.2, 0.25) is 0 Å². The number of para-hydroxylation sites is 1. The van der Waals surface area contributed by atoms with Gasteiger partial charge in [-0.15, -0.1) is 11.3 Å². The Balaban J connectivity index is 1.95. The van der Waals surface area contributed by atoms with E-state index in [1.54, 1.807) is 34.9 Å². The van der Waals surface area contributed by atoms with Crippen LogP contribution in [0.5, 0.6) is 0 Å². The summed E-state index contributed by atoms with van der Waals surface area (Å²) in [4.78, 5) is 17.1. The van der Waals surface area contributed by atoms with Crippen molar-refractivity contribution in [3.8, 4) is 6.07 Å². The number of fused-ring (bicyclic) bond motifs is 1. The minimum Gasteiger partial charge on any atom is -0.320 e. The number of nitrogens with zero attached hydrogens (tertiary/aromatic N) is 3. The summed E-state index contributed by atoms with van der Waals surface area (Å²) in [5.74, 6) is -0.568. The molecule has 0 fully saturated rings. The highest BCUT2D eigenvalue weighted by Crippen LogP contribution is 2.25. The average molecular weight is 363 g/mol. The predicted octanol–water partition coefficient (Wildman–Crippen LogP) is 4.25. The van der Waals surface area contributed by atoms with E-state index in [-0.39, 0.29) is 10.7 Å². The minimum atomic E-state index is -0.568. The van der Waals surface area contributed by atoms with Gasteiger partial charge in [-0.2, -0.15) is 5.26 Å². The third kappa shape index (κ3) is 3.08. The molecule has 5 nitrogen and oxygen atoms in total. The number of rotatable bonds is 3. The number of carbonyl (C=O) groups is 1. The molecular formula is C15H8Cl2N4OS. The van der Waals surface area contributed by atoms with E-state index in [1.807, 2.05) is 11.4 Å². The van der Waals surface area contributed by atoms with Crippen molar-refractivity contribution in [3.63, 3.8) is 0 Å². The highest BCUT2D eigenvalue weighted by Gasteiger charge is 2.15. The quantitative estimate of drug-likeness (QED) is 0.559. The van der Waals surface area contributed by atoms with Gasteiger partial charge in [0.25, 0.3) is 5.91 Å². The Morgan fingerprint density at radius 3 is 2.91 bits per heavy atom. The van der Waals surface area contributed by atoms with Gasteiger partial charge in [-0.25, -0.2) is 4.98 Å². The zero-order valence-corrected chi connectivity index (χ0v) is 13.8. The molecular weight excluding hydrogens is 355 g/mol. The van der Waals surface area contributed by atoms with Gasteiger partial charge < -0.3 is 5.32 Å². The Hall–Kier alpha value is -2.33. The Labute approximate surface area is 145 Å². The van der Waals surface area contributed by atoms with E-state index < -0.39 is 5.91 Å². The van der Waals surface area contributed by atoms with Crippen molar-refractivity contribution in [2.24, 2.45) is 0 Å². The van der Waals surface area contributed by atoms with Crippen LogP contribution in [0.4, 0.5) is 5.69 Å². The fourth-order valence-corrected chi connectivity index (χ4v) is 3.12. The molecule has 0 aliphatic rings. The van der Waals surface area contributed by atoms with Gasteiger partial charge in [-0.1, -0.05) is 35.3 Å². The molecule has 1 amide bonds. The van der Waals surface area contributed by atoms with Gasteiger partial charge >= 0.3 is 0 Å². The van der Waals surface area contributed by atoms with Crippen LogP contribution in [0, 0.1) is 11.3 Å². The van der Waals surface area contributed by atoms with E-state index in [4.69, 9.17) is 23.2 Å². The molecule has 0 atom stereocenters. The lowest BCUT2D eigenvalue weighted by Gasteiger charge is -2.05. The highest BCUT2D eigenvalue weighted by atomic mass is 35.5. The molecule has 2 heterocycles. The number of hydrogen-bond donors (Lipinski definition) is 1. The molecule has 114 valence electrons. The number of hydrogen-bond acceptors (Lipinski definition) is 4. The third-order valence-electron chi connectivity index (χ3n) is 3.02. The normalized spacial score (nSPS) is 11.4. The van der Waals surface area contributed by atoms with E-state index in [9.17, 15) is 10.1 Å². The predicted molar refractivity (Wildman–Crippen MR) is 91.8 cm³/mol. The first kappa shape index (κ1) is 15.6. The first-order valence-corrected chi connectivity index (χ1v) is 8.02. The van der Waals surface area contributed by atoms with Crippen LogP contribution in [0.3, 0.4) is 0 Å². The molecule has 1 N–H and O–H groups in total. The van der Waals surface area contributed by atoms with E-state index in [0.29, 0.717) is 21.4 Å². The molecule has 2 aromatic heterocycles. The summed E-state index contributed by atoms with van der Waals surface area (Å²) in [6, 6.07) is 8.66. The average Bonchev–Trinajstić information content (AvgIpc) is 3.08.